The van der Waals surface area contributed by atoms with Crippen molar-refractivity contribution in [3.8, 4) is 5.75 Å². The van der Waals surface area contributed by atoms with Gasteiger partial charge in [-0.3, -0.25) is 0 Å². The van der Waals surface area contributed by atoms with Crippen molar-refractivity contribution >= 4 is 57.1 Å². The van der Waals surface area contributed by atoms with E-state index in [1.54, 1.807) is 24.3 Å². The molecule has 0 saturated heterocycles. The minimum absolute atomic E-state index is 0.186. The van der Waals surface area contributed by atoms with E-state index >= 15 is 0 Å². The van der Waals surface area contributed by atoms with E-state index in [9.17, 15) is 4.79 Å². The Morgan fingerprint density at radius 1 is 1.00 bits per heavy atom. The Morgan fingerprint density at radius 3 is 2.63 bits per heavy atom. The number of cyclic esters (lactones) is 1. The normalized spacial score (nSPS) is 14.6. The van der Waals surface area contributed by atoms with Gasteiger partial charge in [0, 0.05) is 15.6 Å². The summed E-state index contributed by atoms with van der Waals surface area (Å²) in [5, 5.41) is 0.778. The van der Waals surface area contributed by atoms with Crippen LogP contribution in [0.3, 0.4) is 0 Å². The van der Waals surface area contributed by atoms with Crippen LogP contribution in [0, 0.1) is 0 Å². The monoisotopic (exact) mass is 501 g/mol. The summed E-state index contributed by atoms with van der Waals surface area (Å²) in [5.41, 5.74) is 2.58. The lowest BCUT2D eigenvalue weighted by Gasteiger charge is -2.08. The third kappa shape index (κ3) is 4.75. The van der Waals surface area contributed by atoms with Gasteiger partial charge in [-0.2, -0.15) is 0 Å². The molecule has 0 N–H and O–H groups in total. The van der Waals surface area contributed by atoms with E-state index in [2.05, 4.69) is 20.9 Å². The average molecular weight is 503 g/mol. The molecule has 3 aromatic rings. The minimum Gasteiger partial charge on any atom is -0.489 e. The summed E-state index contributed by atoms with van der Waals surface area (Å²) < 4.78 is 12.1. The van der Waals surface area contributed by atoms with Crippen molar-refractivity contribution in [2.45, 2.75) is 6.61 Å². The predicted molar refractivity (Wildman–Crippen MR) is 122 cm³/mol. The van der Waals surface area contributed by atoms with Crippen molar-refractivity contribution in [1.82, 2.24) is 0 Å². The van der Waals surface area contributed by atoms with Crippen LogP contribution in [0.15, 0.2) is 81.9 Å². The Labute approximate surface area is 191 Å². The molecule has 0 spiro atoms. The van der Waals surface area contributed by atoms with E-state index in [1.807, 2.05) is 48.5 Å². The van der Waals surface area contributed by atoms with Crippen LogP contribution in [0.2, 0.25) is 10.0 Å². The van der Waals surface area contributed by atoms with Crippen LogP contribution in [0.25, 0.3) is 6.08 Å². The van der Waals surface area contributed by atoms with Crippen molar-refractivity contribution in [2.75, 3.05) is 0 Å². The molecular formula is C23H14BrCl2NO3. The second kappa shape index (κ2) is 9.04. The first kappa shape index (κ1) is 20.7. The van der Waals surface area contributed by atoms with Gasteiger partial charge in [0.15, 0.2) is 5.70 Å². The van der Waals surface area contributed by atoms with E-state index in [4.69, 9.17) is 32.7 Å². The van der Waals surface area contributed by atoms with Crippen LogP contribution < -0.4 is 4.74 Å². The van der Waals surface area contributed by atoms with E-state index in [0.29, 0.717) is 28.0 Å². The number of aliphatic imine (C=N–C) groups is 1. The quantitative estimate of drug-likeness (QED) is 0.289. The van der Waals surface area contributed by atoms with Gasteiger partial charge in [-0.25, -0.2) is 9.79 Å². The molecule has 0 atom stereocenters. The van der Waals surface area contributed by atoms with Crippen molar-refractivity contribution in [3.05, 3.63) is 104 Å². The number of carbonyl (C=O) groups is 1. The summed E-state index contributed by atoms with van der Waals surface area (Å²) in [4.78, 5) is 16.5. The number of nitrogens with zero attached hydrogens (tertiary/aromatic N) is 1. The molecule has 0 aliphatic carbocycles. The molecule has 1 heterocycles. The summed E-state index contributed by atoms with van der Waals surface area (Å²) in [6.07, 6.45) is 1.65. The lowest BCUT2D eigenvalue weighted by atomic mass is 10.2. The number of esters is 1. The number of carbonyl (C=O) groups excluding carboxylic acids is 1. The van der Waals surface area contributed by atoms with Gasteiger partial charge in [0.05, 0.1) is 10.0 Å². The standard InChI is InChI=1S/C23H14BrCl2NO3/c24-18-7-2-1-5-16(18)13-29-17-6-3-4-14(10-17)11-21-23(28)30-22(27-21)15-8-9-19(25)20(26)12-15/h1-12H,13H2/b21-11-. The third-order valence-corrected chi connectivity index (χ3v) is 5.81. The fraction of sp³-hybridized carbons (Fsp3) is 0.0435. The maximum Gasteiger partial charge on any atom is 0.363 e. The first-order valence-electron chi connectivity index (χ1n) is 8.94. The van der Waals surface area contributed by atoms with E-state index in [-0.39, 0.29) is 11.6 Å². The zero-order valence-electron chi connectivity index (χ0n) is 15.4. The fourth-order valence-electron chi connectivity index (χ4n) is 2.79. The maximum absolute atomic E-state index is 12.2. The van der Waals surface area contributed by atoms with Crippen LogP contribution in [0.4, 0.5) is 0 Å². The Balaban J connectivity index is 1.53. The zero-order chi connectivity index (χ0) is 21.1. The predicted octanol–water partition coefficient (Wildman–Crippen LogP) is 6.68. The van der Waals surface area contributed by atoms with Gasteiger partial charge in [0.1, 0.15) is 12.4 Å². The Morgan fingerprint density at radius 2 is 1.83 bits per heavy atom. The minimum atomic E-state index is -0.532. The van der Waals surface area contributed by atoms with Crippen molar-refractivity contribution in [3.63, 3.8) is 0 Å². The second-order valence-electron chi connectivity index (χ2n) is 6.42. The molecular weight excluding hydrogens is 489 g/mol. The molecule has 0 amide bonds. The number of hydrogen-bond donors (Lipinski definition) is 0. The molecule has 150 valence electrons. The van der Waals surface area contributed by atoms with Crippen LogP contribution in [0.5, 0.6) is 5.75 Å². The number of halogens is 3. The van der Waals surface area contributed by atoms with Crippen molar-refractivity contribution in [1.29, 1.82) is 0 Å². The number of ether oxygens (including phenoxy) is 2. The van der Waals surface area contributed by atoms with Crippen molar-refractivity contribution in [2.24, 2.45) is 4.99 Å². The highest BCUT2D eigenvalue weighted by Crippen LogP contribution is 2.26. The smallest absolute Gasteiger partial charge is 0.363 e. The highest BCUT2D eigenvalue weighted by Gasteiger charge is 2.24. The van der Waals surface area contributed by atoms with Gasteiger partial charge >= 0.3 is 5.97 Å². The lowest BCUT2D eigenvalue weighted by Crippen LogP contribution is -2.05. The molecule has 3 aromatic carbocycles. The number of benzene rings is 3. The first-order chi connectivity index (χ1) is 14.5. The number of rotatable bonds is 5. The molecule has 0 radical (unpaired) electrons. The van der Waals surface area contributed by atoms with Crippen LogP contribution in [0.1, 0.15) is 16.7 Å². The summed E-state index contributed by atoms with van der Waals surface area (Å²) in [5.74, 6) is 0.335. The average Bonchev–Trinajstić information content (AvgIpc) is 3.10. The van der Waals surface area contributed by atoms with Gasteiger partial charge in [-0.1, -0.05) is 69.5 Å². The second-order valence-corrected chi connectivity index (χ2v) is 8.09. The molecule has 30 heavy (non-hydrogen) atoms. The molecule has 7 heteroatoms. The van der Waals surface area contributed by atoms with Crippen LogP contribution in [-0.2, 0) is 16.1 Å². The molecule has 0 saturated carbocycles. The zero-order valence-corrected chi connectivity index (χ0v) is 18.5. The van der Waals surface area contributed by atoms with Gasteiger partial charge < -0.3 is 9.47 Å². The van der Waals surface area contributed by atoms with E-state index in [1.165, 1.54) is 0 Å². The van der Waals surface area contributed by atoms with Gasteiger partial charge in [0.2, 0.25) is 5.90 Å². The highest BCUT2D eigenvalue weighted by atomic mass is 79.9. The van der Waals surface area contributed by atoms with Gasteiger partial charge in [0.25, 0.3) is 0 Å². The van der Waals surface area contributed by atoms with Crippen LogP contribution in [-0.4, -0.2) is 11.9 Å². The van der Waals surface area contributed by atoms with Crippen LogP contribution >= 0.6 is 39.1 Å². The van der Waals surface area contributed by atoms with Gasteiger partial charge in [-0.05, 0) is 48.0 Å². The highest BCUT2D eigenvalue weighted by molar-refractivity contribution is 9.10. The summed E-state index contributed by atoms with van der Waals surface area (Å²) in [6.45, 7) is 0.420. The Bertz CT molecular complexity index is 1190. The third-order valence-electron chi connectivity index (χ3n) is 4.30. The maximum atomic E-state index is 12.2. The van der Waals surface area contributed by atoms with Gasteiger partial charge in [-0.15, -0.1) is 0 Å². The van der Waals surface area contributed by atoms with Crippen molar-refractivity contribution < 1.29 is 14.3 Å². The molecule has 1 aliphatic rings. The summed E-state index contributed by atoms with van der Waals surface area (Å²) >= 11 is 15.5. The molecule has 0 fully saturated rings. The largest absolute Gasteiger partial charge is 0.489 e. The SMILES string of the molecule is O=C1OC(c2ccc(Cl)c(Cl)c2)=N/C1=C\c1cccc(OCc2ccccc2Br)c1. The summed E-state index contributed by atoms with van der Waals surface area (Å²) in [7, 11) is 0. The van der Waals surface area contributed by atoms with E-state index < -0.39 is 5.97 Å². The first-order valence-corrected chi connectivity index (χ1v) is 10.5. The summed E-state index contributed by atoms with van der Waals surface area (Å²) in [6, 6.07) is 20.2. The molecule has 4 rings (SSSR count). The molecule has 0 unspecified atom stereocenters. The topological polar surface area (TPSA) is 47.9 Å². The van der Waals surface area contributed by atoms with E-state index in [0.717, 1.165) is 15.6 Å². The molecule has 0 aromatic heterocycles. The molecule has 0 bridgehead atoms. The Hall–Kier alpha value is -2.60. The molecule has 1 aliphatic heterocycles. The Kier molecular flexibility index (Phi) is 6.23. The fourth-order valence-corrected chi connectivity index (χ4v) is 3.49. The molecule has 4 nitrogen and oxygen atoms in total. The lowest BCUT2D eigenvalue weighted by molar-refractivity contribution is -0.129. The number of hydrogen-bond acceptors (Lipinski definition) is 4.